The Morgan fingerprint density at radius 1 is 0.880 bits per heavy atom. The van der Waals surface area contributed by atoms with Crippen molar-refractivity contribution >= 4 is 0 Å². The lowest BCUT2D eigenvalue weighted by atomic mass is 9.96. The molecule has 2 aromatic rings. The Morgan fingerprint density at radius 2 is 1.60 bits per heavy atom. The summed E-state index contributed by atoms with van der Waals surface area (Å²) in [6.45, 7) is 7.19. The van der Waals surface area contributed by atoms with Crippen LogP contribution in [0.1, 0.15) is 82.0 Å². The number of hydrogen-bond acceptors (Lipinski definition) is 2. The Morgan fingerprint density at radius 3 is 2.24 bits per heavy atom. The third-order valence-corrected chi connectivity index (χ3v) is 4.80. The van der Waals surface area contributed by atoms with Crippen LogP contribution in [0.3, 0.4) is 0 Å². The van der Waals surface area contributed by atoms with Gasteiger partial charge in [0.05, 0.1) is 6.61 Å². The van der Waals surface area contributed by atoms with Crippen LogP contribution in [0.4, 0.5) is 0 Å². The number of benzene rings is 1. The molecule has 1 heterocycles. The normalized spacial score (nSPS) is 12.1. The molecule has 2 heteroatoms. The van der Waals surface area contributed by atoms with Gasteiger partial charge >= 0.3 is 0 Å². The Bertz CT molecular complexity index is 588. The lowest BCUT2D eigenvalue weighted by Gasteiger charge is -2.13. The molecule has 1 aromatic heterocycles. The van der Waals surface area contributed by atoms with Crippen molar-refractivity contribution in [1.29, 1.82) is 0 Å². The number of aryl methyl sites for hydroxylation is 1. The van der Waals surface area contributed by atoms with Crippen LogP contribution in [0, 0.1) is 0 Å². The van der Waals surface area contributed by atoms with Crippen molar-refractivity contribution in [1.82, 2.24) is 4.98 Å². The summed E-state index contributed by atoms with van der Waals surface area (Å²) in [5.74, 6) is 1.24. The van der Waals surface area contributed by atoms with Gasteiger partial charge in [0.25, 0.3) is 0 Å². The first kappa shape index (κ1) is 19.5. The van der Waals surface area contributed by atoms with E-state index in [-0.39, 0.29) is 0 Å². The predicted octanol–water partition coefficient (Wildman–Crippen LogP) is 6.54. The third kappa shape index (κ3) is 6.53. The van der Waals surface area contributed by atoms with E-state index < -0.39 is 0 Å². The van der Waals surface area contributed by atoms with E-state index in [1.54, 1.807) is 0 Å². The van der Waals surface area contributed by atoms with Gasteiger partial charge in [0.1, 0.15) is 5.75 Å². The molecule has 0 aliphatic heterocycles. The molecule has 0 saturated carbocycles. The highest BCUT2D eigenvalue weighted by Crippen LogP contribution is 2.25. The van der Waals surface area contributed by atoms with Crippen LogP contribution in [0.15, 0.2) is 42.6 Å². The molecule has 1 unspecified atom stereocenters. The second-order valence-corrected chi connectivity index (χ2v) is 6.83. The quantitative estimate of drug-likeness (QED) is 0.434. The summed E-state index contributed by atoms with van der Waals surface area (Å²) in [5.41, 5.74) is 3.77. The minimum absolute atomic E-state index is 0.304. The molecule has 2 rings (SSSR count). The fraction of sp³-hybridized carbons (Fsp3) is 0.522. The number of nitrogens with zero attached hydrogens (tertiary/aromatic N) is 1. The van der Waals surface area contributed by atoms with Crippen molar-refractivity contribution in [2.24, 2.45) is 0 Å². The zero-order valence-corrected chi connectivity index (χ0v) is 16.1. The second kappa shape index (κ2) is 10.9. The number of hydrogen-bond donors (Lipinski definition) is 0. The monoisotopic (exact) mass is 339 g/mol. The molecule has 0 aliphatic rings. The summed E-state index contributed by atoms with van der Waals surface area (Å²) in [6, 6.07) is 12.8. The molecule has 1 aromatic carbocycles. The van der Waals surface area contributed by atoms with Gasteiger partial charge in [-0.15, -0.1) is 0 Å². The smallest absolute Gasteiger partial charge is 0.119 e. The minimum Gasteiger partial charge on any atom is -0.494 e. The Kier molecular flexibility index (Phi) is 8.51. The third-order valence-electron chi connectivity index (χ3n) is 4.80. The highest BCUT2D eigenvalue weighted by atomic mass is 16.5. The highest BCUT2D eigenvalue weighted by molar-refractivity contribution is 5.33. The van der Waals surface area contributed by atoms with E-state index in [0.717, 1.165) is 17.9 Å². The largest absolute Gasteiger partial charge is 0.494 e. The summed E-state index contributed by atoms with van der Waals surface area (Å²) in [7, 11) is 0. The second-order valence-electron chi connectivity index (χ2n) is 6.83. The molecule has 0 radical (unpaired) electrons. The first-order valence-corrected chi connectivity index (χ1v) is 9.92. The molecule has 2 nitrogen and oxygen atoms in total. The molecule has 0 amide bonds. The van der Waals surface area contributed by atoms with Crippen LogP contribution >= 0.6 is 0 Å². The lowest BCUT2D eigenvalue weighted by Crippen LogP contribution is -2.00. The van der Waals surface area contributed by atoms with Crippen molar-refractivity contribution in [2.45, 2.75) is 71.6 Å². The SMILES string of the molecule is CCCCCCCCc1ccc(C(C)c2ccc(OCC)cc2)nc1. The van der Waals surface area contributed by atoms with Crippen molar-refractivity contribution in [3.8, 4) is 5.75 Å². The van der Waals surface area contributed by atoms with E-state index in [0.29, 0.717) is 12.5 Å². The number of ether oxygens (including phenoxy) is 1. The topological polar surface area (TPSA) is 22.1 Å². The Balaban J connectivity index is 1.84. The molecule has 0 saturated heterocycles. The fourth-order valence-corrected chi connectivity index (χ4v) is 3.14. The molecule has 0 aliphatic carbocycles. The molecule has 0 fully saturated rings. The molecule has 0 N–H and O–H groups in total. The molecule has 0 spiro atoms. The van der Waals surface area contributed by atoms with E-state index in [2.05, 4.69) is 44.3 Å². The predicted molar refractivity (Wildman–Crippen MR) is 106 cm³/mol. The fourth-order valence-electron chi connectivity index (χ4n) is 3.14. The molecule has 1 atom stereocenters. The molecule has 0 bridgehead atoms. The summed E-state index contributed by atoms with van der Waals surface area (Å²) in [5, 5.41) is 0. The average Bonchev–Trinajstić information content (AvgIpc) is 2.65. The van der Waals surface area contributed by atoms with Gasteiger partial charge in [-0.2, -0.15) is 0 Å². The van der Waals surface area contributed by atoms with E-state index in [1.165, 1.54) is 49.7 Å². The zero-order chi connectivity index (χ0) is 17.9. The average molecular weight is 340 g/mol. The van der Waals surface area contributed by atoms with Crippen LogP contribution in [0.2, 0.25) is 0 Å². The minimum atomic E-state index is 0.304. The van der Waals surface area contributed by atoms with Gasteiger partial charge in [-0.05, 0) is 49.1 Å². The van der Waals surface area contributed by atoms with E-state index >= 15 is 0 Å². The maximum absolute atomic E-state index is 5.51. The highest BCUT2D eigenvalue weighted by Gasteiger charge is 2.10. The van der Waals surface area contributed by atoms with Gasteiger partial charge in [-0.1, -0.05) is 64.2 Å². The summed E-state index contributed by atoms with van der Waals surface area (Å²) in [4.78, 5) is 4.71. The number of rotatable bonds is 11. The Hall–Kier alpha value is -1.83. The van der Waals surface area contributed by atoms with E-state index in [1.807, 2.05) is 19.1 Å². The maximum atomic E-state index is 5.51. The molecular weight excluding hydrogens is 306 g/mol. The van der Waals surface area contributed by atoms with E-state index in [4.69, 9.17) is 9.72 Å². The van der Waals surface area contributed by atoms with Crippen molar-refractivity contribution in [3.63, 3.8) is 0 Å². The van der Waals surface area contributed by atoms with E-state index in [9.17, 15) is 0 Å². The Labute approximate surface area is 153 Å². The van der Waals surface area contributed by atoms with Gasteiger partial charge in [-0.3, -0.25) is 4.98 Å². The van der Waals surface area contributed by atoms with Gasteiger partial charge in [0.2, 0.25) is 0 Å². The first-order chi connectivity index (χ1) is 12.2. The van der Waals surface area contributed by atoms with Gasteiger partial charge in [0.15, 0.2) is 0 Å². The first-order valence-electron chi connectivity index (χ1n) is 9.92. The van der Waals surface area contributed by atoms with Gasteiger partial charge in [-0.25, -0.2) is 0 Å². The van der Waals surface area contributed by atoms with Crippen molar-refractivity contribution in [3.05, 3.63) is 59.4 Å². The molecule has 136 valence electrons. The molecule has 25 heavy (non-hydrogen) atoms. The van der Waals surface area contributed by atoms with Gasteiger partial charge in [0, 0.05) is 17.8 Å². The number of aromatic nitrogens is 1. The lowest BCUT2D eigenvalue weighted by molar-refractivity contribution is 0.340. The van der Waals surface area contributed by atoms with Crippen LogP contribution in [0.25, 0.3) is 0 Å². The maximum Gasteiger partial charge on any atom is 0.119 e. The number of pyridine rings is 1. The standard InChI is InChI=1S/C23H33NO/c1-4-6-7-8-9-10-11-20-12-17-23(24-18-20)19(3)21-13-15-22(16-14-21)25-5-2/h12-19H,4-11H2,1-3H3. The summed E-state index contributed by atoms with van der Waals surface area (Å²) >= 11 is 0. The summed E-state index contributed by atoms with van der Waals surface area (Å²) < 4.78 is 5.51. The van der Waals surface area contributed by atoms with Crippen LogP contribution in [-0.4, -0.2) is 11.6 Å². The zero-order valence-electron chi connectivity index (χ0n) is 16.1. The van der Waals surface area contributed by atoms with Crippen LogP contribution in [0.5, 0.6) is 5.75 Å². The van der Waals surface area contributed by atoms with Crippen molar-refractivity contribution in [2.75, 3.05) is 6.61 Å². The summed E-state index contributed by atoms with van der Waals surface area (Å²) in [6.07, 6.45) is 11.3. The van der Waals surface area contributed by atoms with Gasteiger partial charge < -0.3 is 4.74 Å². The van der Waals surface area contributed by atoms with Crippen LogP contribution in [-0.2, 0) is 6.42 Å². The van der Waals surface area contributed by atoms with Crippen LogP contribution < -0.4 is 4.74 Å². The number of unbranched alkanes of at least 4 members (excludes halogenated alkanes) is 5. The van der Waals surface area contributed by atoms with Crippen molar-refractivity contribution < 1.29 is 4.74 Å². The molecular formula is C23H33NO.